The predicted molar refractivity (Wildman–Crippen MR) is 149 cm³/mol. The zero-order chi connectivity index (χ0) is 27.1. The molecule has 0 radical (unpaired) electrons. The summed E-state index contributed by atoms with van der Waals surface area (Å²) in [4.78, 5) is 47.6. The SMILES string of the molecule is C=CCN1C(=O)/C(=c2\sc3n(c2=O)[C@H](c2cc(Br)ccc2OC)C(C(=O)OCC)=C(C)N=3)c2ccccc21. The third-order valence-electron chi connectivity index (χ3n) is 6.44. The molecule has 0 bridgehead atoms. The van der Waals surface area contributed by atoms with E-state index in [4.69, 9.17) is 9.47 Å². The van der Waals surface area contributed by atoms with Gasteiger partial charge in [0.05, 0.1) is 36.2 Å². The molecular weight excluding hydrogens is 570 g/mol. The van der Waals surface area contributed by atoms with Crippen molar-refractivity contribution in [2.45, 2.75) is 19.9 Å². The highest BCUT2D eigenvalue weighted by Gasteiger charge is 2.38. The third-order valence-corrected chi connectivity index (χ3v) is 7.99. The first-order valence-corrected chi connectivity index (χ1v) is 13.5. The van der Waals surface area contributed by atoms with Crippen LogP contribution in [-0.4, -0.2) is 36.7 Å². The monoisotopic (exact) mass is 593 g/mol. The van der Waals surface area contributed by atoms with Crippen molar-refractivity contribution in [3.05, 3.63) is 102 Å². The van der Waals surface area contributed by atoms with Crippen LogP contribution in [0.2, 0.25) is 0 Å². The standard InChI is InChI=1S/C28H24BrN3O5S/c1-5-13-31-19-10-8-7-9-17(19)22(25(31)33)24-26(34)32-23(18-14-16(29)11-12-20(18)36-4)21(27(35)37-6-2)15(3)30-28(32)38-24/h5,7-12,14,23H,1,6,13H2,2-4H3/b24-22-/t23-/m1/s1. The molecule has 3 heterocycles. The topological polar surface area (TPSA) is 90.2 Å². The fourth-order valence-electron chi connectivity index (χ4n) is 4.86. The van der Waals surface area contributed by atoms with E-state index in [0.717, 1.165) is 15.8 Å². The molecule has 2 aliphatic heterocycles. The Balaban J connectivity index is 1.86. The molecule has 2 aliphatic rings. The molecule has 8 nitrogen and oxygen atoms in total. The molecule has 0 saturated carbocycles. The van der Waals surface area contributed by atoms with Crippen molar-refractivity contribution < 1.29 is 19.1 Å². The number of rotatable bonds is 6. The average Bonchev–Trinajstić information content (AvgIpc) is 3.36. The lowest BCUT2D eigenvalue weighted by molar-refractivity contribution is -0.139. The fourth-order valence-corrected chi connectivity index (χ4v) is 6.38. The molecule has 5 rings (SSSR count). The van der Waals surface area contributed by atoms with Crippen LogP contribution >= 0.6 is 27.3 Å². The number of methoxy groups -OCH3 is 1. The zero-order valence-corrected chi connectivity index (χ0v) is 23.4. The third kappa shape index (κ3) is 4.04. The van der Waals surface area contributed by atoms with E-state index in [1.165, 1.54) is 11.7 Å². The van der Waals surface area contributed by atoms with Gasteiger partial charge in [-0.15, -0.1) is 6.58 Å². The lowest BCUT2D eigenvalue weighted by Gasteiger charge is -2.26. The van der Waals surface area contributed by atoms with Crippen molar-refractivity contribution in [3.63, 3.8) is 0 Å². The summed E-state index contributed by atoms with van der Waals surface area (Å²) in [5.41, 5.74) is 2.52. The number of hydrogen-bond acceptors (Lipinski definition) is 7. The number of thiazole rings is 1. The Morgan fingerprint density at radius 3 is 2.71 bits per heavy atom. The minimum atomic E-state index is -0.872. The summed E-state index contributed by atoms with van der Waals surface area (Å²) in [7, 11) is 1.53. The molecule has 38 heavy (non-hydrogen) atoms. The highest BCUT2D eigenvalue weighted by Crippen LogP contribution is 2.38. The molecule has 1 aromatic heterocycles. The number of para-hydroxylation sites is 1. The highest BCUT2D eigenvalue weighted by molar-refractivity contribution is 9.10. The van der Waals surface area contributed by atoms with E-state index in [1.54, 1.807) is 30.9 Å². The number of aromatic nitrogens is 1. The summed E-state index contributed by atoms with van der Waals surface area (Å²) < 4.78 is 13.5. The van der Waals surface area contributed by atoms with Gasteiger partial charge in [0.1, 0.15) is 16.3 Å². The second-order valence-corrected chi connectivity index (χ2v) is 10.5. The number of hydrogen-bond donors (Lipinski definition) is 0. The number of amides is 1. The van der Waals surface area contributed by atoms with Gasteiger partial charge in [-0.2, -0.15) is 0 Å². The van der Waals surface area contributed by atoms with Gasteiger partial charge < -0.3 is 14.4 Å². The smallest absolute Gasteiger partial charge is 0.338 e. The minimum absolute atomic E-state index is 0.164. The van der Waals surface area contributed by atoms with Gasteiger partial charge in [-0.3, -0.25) is 14.2 Å². The van der Waals surface area contributed by atoms with Gasteiger partial charge in [0, 0.05) is 22.1 Å². The van der Waals surface area contributed by atoms with Crippen molar-refractivity contribution in [1.82, 2.24) is 4.57 Å². The van der Waals surface area contributed by atoms with Crippen LogP contribution in [-0.2, 0) is 14.3 Å². The molecule has 1 atom stereocenters. The predicted octanol–water partition coefficient (Wildman–Crippen LogP) is 3.47. The van der Waals surface area contributed by atoms with E-state index in [0.29, 0.717) is 45.2 Å². The van der Waals surface area contributed by atoms with Gasteiger partial charge in [-0.05, 0) is 38.1 Å². The normalized spacial score (nSPS) is 17.6. The van der Waals surface area contributed by atoms with E-state index in [9.17, 15) is 14.4 Å². The summed E-state index contributed by atoms with van der Waals surface area (Å²) >= 11 is 4.63. The quantitative estimate of drug-likeness (QED) is 0.322. The summed E-state index contributed by atoms with van der Waals surface area (Å²) in [6.45, 7) is 7.67. The number of fused-ring (bicyclic) bond motifs is 2. The lowest BCUT2D eigenvalue weighted by Crippen LogP contribution is -2.41. The first kappa shape index (κ1) is 25.9. The van der Waals surface area contributed by atoms with Crippen molar-refractivity contribution in [2.75, 3.05) is 25.2 Å². The van der Waals surface area contributed by atoms with Gasteiger partial charge in [0.15, 0.2) is 4.80 Å². The second-order valence-electron chi connectivity index (χ2n) is 8.61. The number of benzene rings is 2. The number of allylic oxidation sites excluding steroid dienone is 1. The maximum Gasteiger partial charge on any atom is 0.338 e. The number of esters is 1. The molecule has 0 N–H and O–H groups in total. The Hall–Kier alpha value is -3.76. The van der Waals surface area contributed by atoms with Crippen molar-refractivity contribution >= 4 is 50.4 Å². The summed E-state index contributed by atoms with van der Waals surface area (Å²) in [5.74, 6) is -0.361. The van der Waals surface area contributed by atoms with E-state index < -0.39 is 17.6 Å². The molecule has 3 aromatic rings. The second kappa shape index (κ2) is 10.2. The van der Waals surface area contributed by atoms with Crippen LogP contribution in [0, 0.1) is 0 Å². The Morgan fingerprint density at radius 1 is 1.24 bits per heavy atom. The number of carbonyl (C=O) groups is 2. The lowest BCUT2D eigenvalue weighted by atomic mass is 9.95. The van der Waals surface area contributed by atoms with Gasteiger partial charge in [0.25, 0.3) is 11.5 Å². The van der Waals surface area contributed by atoms with Gasteiger partial charge in [0.2, 0.25) is 0 Å². The van der Waals surface area contributed by atoms with Crippen LogP contribution in [0.4, 0.5) is 5.69 Å². The van der Waals surface area contributed by atoms with Crippen molar-refractivity contribution in [2.24, 2.45) is 4.99 Å². The molecule has 0 unspecified atom stereocenters. The molecule has 194 valence electrons. The molecule has 0 saturated heterocycles. The number of anilines is 1. The van der Waals surface area contributed by atoms with Gasteiger partial charge >= 0.3 is 5.97 Å². The van der Waals surface area contributed by atoms with Crippen LogP contribution in [0.1, 0.15) is 31.0 Å². The molecule has 0 aliphatic carbocycles. The highest BCUT2D eigenvalue weighted by atomic mass is 79.9. The summed E-state index contributed by atoms with van der Waals surface area (Å²) in [6, 6.07) is 11.9. The van der Waals surface area contributed by atoms with Crippen molar-refractivity contribution in [3.8, 4) is 5.75 Å². The average molecular weight is 594 g/mol. The molecule has 10 heteroatoms. The Morgan fingerprint density at radius 2 is 2.00 bits per heavy atom. The van der Waals surface area contributed by atoms with E-state index in [2.05, 4.69) is 27.5 Å². The zero-order valence-electron chi connectivity index (χ0n) is 21.0. The largest absolute Gasteiger partial charge is 0.496 e. The Kier molecular flexibility index (Phi) is 6.93. The van der Waals surface area contributed by atoms with E-state index in [-0.39, 0.29) is 22.6 Å². The molecule has 1 amide bonds. The Bertz CT molecular complexity index is 1720. The van der Waals surface area contributed by atoms with Crippen LogP contribution in [0.25, 0.3) is 5.57 Å². The minimum Gasteiger partial charge on any atom is -0.496 e. The van der Waals surface area contributed by atoms with E-state index >= 15 is 0 Å². The van der Waals surface area contributed by atoms with Crippen LogP contribution in [0.5, 0.6) is 5.75 Å². The maximum absolute atomic E-state index is 14.2. The van der Waals surface area contributed by atoms with Crippen LogP contribution < -0.4 is 24.5 Å². The summed E-state index contributed by atoms with van der Waals surface area (Å²) in [6.07, 6.45) is 1.65. The first-order valence-electron chi connectivity index (χ1n) is 11.9. The van der Waals surface area contributed by atoms with Crippen LogP contribution in [0.15, 0.2) is 80.6 Å². The maximum atomic E-state index is 14.2. The van der Waals surface area contributed by atoms with Gasteiger partial charge in [-0.1, -0.05) is 51.5 Å². The molecule has 0 spiro atoms. The molecule has 0 fully saturated rings. The number of halogens is 1. The Labute approximate surface area is 231 Å². The number of ether oxygens (including phenoxy) is 2. The first-order chi connectivity index (χ1) is 18.3. The molecule has 2 aromatic carbocycles. The summed E-state index contributed by atoms with van der Waals surface area (Å²) in [5, 5.41) is 0. The molecular formula is C28H24BrN3O5S. The van der Waals surface area contributed by atoms with Crippen LogP contribution in [0.3, 0.4) is 0 Å². The van der Waals surface area contributed by atoms with Crippen molar-refractivity contribution in [1.29, 1.82) is 0 Å². The fraction of sp³-hybridized carbons (Fsp3) is 0.214. The van der Waals surface area contributed by atoms with Gasteiger partial charge in [-0.25, -0.2) is 9.79 Å². The number of carbonyl (C=O) groups excluding carboxylic acids is 2. The van der Waals surface area contributed by atoms with E-state index in [1.807, 2.05) is 36.4 Å². The number of nitrogens with zero attached hydrogens (tertiary/aromatic N) is 3.